The van der Waals surface area contributed by atoms with Gasteiger partial charge in [-0.3, -0.25) is 4.79 Å². The quantitative estimate of drug-likeness (QED) is 0.568. The average molecular weight is 343 g/mol. The third kappa shape index (κ3) is 3.57. The fourth-order valence-corrected chi connectivity index (χ4v) is 2.72. The SMILES string of the molecule is O=C(NCc1cccc(Oc2ccccn2)c1)c1cc2ccccc2[nH]1. The highest BCUT2D eigenvalue weighted by molar-refractivity contribution is 5.97. The number of aromatic nitrogens is 2. The van der Waals surface area contributed by atoms with Crippen molar-refractivity contribution in [2.24, 2.45) is 0 Å². The Hall–Kier alpha value is -3.60. The highest BCUT2D eigenvalue weighted by Crippen LogP contribution is 2.20. The molecule has 5 nitrogen and oxygen atoms in total. The van der Waals surface area contributed by atoms with Crippen LogP contribution in [0.5, 0.6) is 11.6 Å². The molecule has 0 aliphatic carbocycles. The number of fused-ring (bicyclic) bond motifs is 1. The van der Waals surface area contributed by atoms with Gasteiger partial charge in [-0.1, -0.05) is 36.4 Å². The van der Waals surface area contributed by atoms with Crippen LogP contribution in [-0.2, 0) is 6.54 Å². The molecule has 1 amide bonds. The number of rotatable bonds is 5. The first-order chi connectivity index (χ1) is 12.8. The van der Waals surface area contributed by atoms with Crippen molar-refractivity contribution in [2.75, 3.05) is 0 Å². The zero-order valence-electron chi connectivity index (χ0n) is 14.0. The zero-order chi connectivity index (χ0) is 17.8. The summed E-state index contributed by atoms with van der Waals surface area (Å²) in [7, 11) is 0. The Kier molecular flexibility index (Phi) is 4.35. The van der Waals surface area contributed by atoms with Crippen molar-refractivity contribution < 1.29 is 9.53 Å². The van der Waals surface area contributed by atoms with Crippen LogP contribution in [0.4, 0.5) is 0 Å². The van der Waals surface area contributed by atoms with Crippen molar-refractivity contribution >= 4 is 16.8 Å². The molecule has 0 atom stereocenters. The Bertz CT molecular complexity index is 1010. The summed E-state index contributed by atoms with van der Waals surface area (Å²) in [6.07, 6.45) is 1.68. The van der Waals surface area contributed by atoms with E-state index >= 15 is 0 Å². The van der Waals surface area contributed by atoms with Crippen LogP contribution in [0.25, 0.3) is 10.9 Å². The van der Waals surface area contributed by atoms with Crippen LogP contribution >= 0.6 is 0 Å². The van der Waals surface area contributed by atoms with E-state index in [9.17, 15) is 4.79 Å². The molecule has 0 saturated carbocycles. The fourth-order valence-electron chi connectivity index (χ4n) is 2.72. The number of carbonyl (C=O) groups is 1. The van der Waals surface area contributed by atoms with Crippen LogP contribution in [0.2, 0.25) is 0 Å². The molecule has 0 aliphatic rings. The number of H-pyrrole nitrogens is 1. The lowest BCUT2D eigenvalue weighted by atomic mass is 10.2. The van der Waals surface area contributed by atoms with Gasteiger partial charge < -0.3 is 15.0 Å². The van der Waals surface area contributed by atoms with E-state index in [0.717, 1.165) is 16.5 Å². The van der Waals surface area contributed by atoms with Crippen LogP contribution in [0.3, 0.4) is 0 Å². The minimum absolute atomic E-state index is 0.141. The van der Waals surface area contributed by atoms with Gasteiger partial charge >= 0.3 is 0 Å². The molecule has 4 aromatic rings. The van der Waals surface area contributed by atoms with Crippen LogP contribution in [0.1, 0.15) is 16.1 Å². The largest absolute Gasteiger partial charge is 0.439 e. The first kappa shape index (κ1) is 15.9. The molecular weight excluding hydrogens is 326 g/mol. The number of nitrogens with zero attached hydrogens (tertiary/aromatic N) is 1. The third-order valence-electron chi connectivity index (χ3n) is 3.99. The summed E-state index contributed by atoms with van der Waals surface area (Å²) in [6, 6.07) is 22.7. The number of carbonyl (C=O) groups excluding carboxylic acids is 1. The summed E-state index contributed by atoms with van der Waals surface area (Å²) in [6.45, 7) is 0.410. The van der Waals surface area contributed by atoms with Crippen molar-refractivity contribution in [1.82, 2.24) is 15.3 Å². The topological polar surface area (TPSA) is 67.0 Å². The highest BCUT2D eigenvalue weighted by atomic mass is 16.5. The van der Waals surface area contributed by atoms with Gasteiger partial charge in [0.2, 0.25) is 5.88 Å². The Morgan fingerprint density at radius 2 is 1.88 bits per heavy atom. The number of nitrogens with one attached hydrogen (secondary N) is 2. The summed E-state index contributed by atoms with van der Waals surface area (Å²) in [5.74, 6) is 1.07. The van der Waals surface area contributed by atoms with Gasteiger partial charge in [-0.15, -0.1) is 0 Å². The Morgan fingerprint density at radius 1 is 1.00 bits per heavy atom. The van der Waals surface area contributed by atoms with Crippen molar-refractivity contribution in [2.45, 2.75) is 6.54 Å². The van der Waals surface area contributed by atoms with E-state index in [1.54, 1.807) is 12.3 Å². The van der Waals surface area contributed by atoms with Crippen LogP contribution < -0.4 is 10.1 Å². The molecule has 0 spiro atoms. The van der Waals surface area contributed by atoms with Gasteiger partial charge in [0.15, 0.2) is 0 Å². The molecule has 26 heavy (non-hydrogen) atoms. The van der Waals surface area contributed by atoms with Gasteiger partial charge in [0, 0.05) is 29.7 Å². The molecule has 2 heterocycles. The number of amides is 1. The van der Waals surface area contributed by atoms with Crippen molar-refractivity contribution in [3.63, 3.8) is 0 Å². The molecule has 0 radical (unpaired) electrons. The van der Waals surface area contributed by atoms with Crippen molar-refractivity contribution in [1.29, 1.82) is 0 Å². The number of hydrogen-bond donors (Lipinski definition) is 2. The van der Waals surface area contributed by atoms with E-state index in [1.165, 1.54) is 0 Å². The first-order valence-electron chi connectivity index (χ1n) is 8.32. The van der Waals surface area contributed by atoms with Gasteiger partial charge in [0.1, 0.15) is 11.4 Å². The second kappa shape index (κ2) is 7.11. The van der Waals surface area contributed by atoms with Crippen molar-refractivity contribution in [3.8, 4) is 11.6 Å². The molecule has 0 fully saturated rings. The maximum atomic E-state index is 12.4. The monoisotopic (exact) mass is 343 g/mol. The second-order valence-corrected chi connectivity index (χ2v) is 5.87. The van der Waals surface area contributed by atoms with E-state index in [-0.39, 0.29) is 5.91 Å². The van der Waals surface area contributed by atoms with Gasteiger partial charge in [-0.05, 0) is 35.9 Å². The molecule has 2 aromatic carbocycles. The molecule has 128 valence electrons. The number of para-hydroxylation sites is 1. The highest BCUT2D eigenvalue weighted by Gasteiger charge is 2.09. The number of ether oxygens (including phenoxy) is 1. The van der Waals surface area contributed by atoms with Gasteiger partial charge in [0.25, 0.3) is 5.91 Å². The lowest BCUT2D eigenvalue weighted by molar-refractivity contribution is 0.0946. The number of aromatic amines is 1. The van der Waals surface area contributed by atoms with E-state index in [1.807, 2.05) is 66.7 Å². The summed E-state index contributed by atoms with van der Waals surface area (Å²) in [5, 5.41) is 3.94. The molecule has 0 aliphatic heterocycles. The maximum absolute atomic E-state index is 12.4. The summed E-state index contributed by atoms with van der Waals surface area (Å²) < 4.78 is 5.72. The Labute approximate surface area is 150 Å². The van der Waals surface area contributed by atoms with E-state index in [0.29, 0.717) is 23.9 Å². The Balaban J connectivity index is 1.42. The van der Waals surface area contributed by atoms with Gasteiger partial charge in [-0.25, -0.2) is 4.98 Å². The van der Waals surface area contributed by atoms with Crippen LogP contribution in [0, 0.1) is 0 Å². The molecule has 5 heteroatoms. The second-order valence-electron chi connectivity index (χ2n) is 5.87. The smallest absolute Gasteiger partial charge is 0.267 e. The zero-order valence-corrected chi connectivity index (χ0v) is 14.0. The van der Waals surface area contributed by atoms with E-state index in [4.69, 9.17) is 4.74 Å². The number of pyridine rings is 1. The van der Waals surface area contributed by atoms with Gasteiger partial charge in [-0.2, -0.15) is 0 Å². The lowest BCUT2D eigenvalue weighted by Crippen LogP contribution is -2.23. The van der Waals surface area contributed by atoms with Crippen LogP contribution in [-0.4, -0.2) is 15.9 Å². The predicted molar refractivity (Wildman–Crippen MR) is 100 cm³/mol. The van der Waals surface area contributed by atoms with E-state index < -0.39 is 0 Å². The number of benzene rings is 2. The van der Waals surface area contributed by atoms with Crippen molar-refractivity contribution in [3.05, 3.63) is 90.3 Å². The molecule has 0 saturated heterocycles. The minimum atomic E-state index is -0.141. The number of hydrogen-bond acceptors (Lipinski definition) is 3. The normalized spacial score (nSPS) is 10.6. The Morgan fingerprint density at radius 3 is 2.73 bits per heavy atom. The third-order valence-corrected chi connectivity index (χ3v) is 3.99. The molecule has 4 rings (SSSR count). The molecular formula is C21H17N3O2. The maximum Gasteiger partial charge on any atom is 0.267 e. The molecule has 2 aromatic heterocycles. The minimum Gasteiger partial charge on any atom is -0.439 e. The lowest BCUT2D eigenvalue weighted by Gasteiger charge is -2.08. The average Bonchev–Trinajstić information content (AvgIpc) is 3.12. The first-order valence-corrected chi connectivity index (χ1v) is 8.32. The molecule has 0 unspecified atom stereocenters. The van der Waals surface area contributed by atoms with Gasteiger partial charge in [0.05, 0.1) is 0 Å². The summed E-state index contributed by atoms with van der Waals surface area (Å²) in [5.41, 5.74) is 2.44. The standard InChI is InChI=1S/C21H17N3O2/c25-21(19-13-16-7-1-2-9-18(16)24-19)23-14-15-6-5-8-17(12-15)26-20-10-3-4-11-22-20/h1-13,24H,14H2,(H,23,25). The molecule has 2 N–H and O–H groups in total. The summed E-state index contributed by atoms with van der Waals surface area (Å²) in [4.78, 5) is 19.7. The van der Waals surface area contributed by atoms with Crippen LogP contribution in [0.15, 0.2) is 79.0 Å². The summed E-state index contributed by atoms with van der Waals surface area (Å²) >= 11 is 0. The predicted octanol–water partition coefficient (Wildman–Crippen LogP) is 4.29. The molecule has 0 bridgehead atoms. The van der Waals surface area contributed by atoms with E-state index in [2.05, 4.69) is 15.3 Å². The fraction of sp³-hybridized carbons (Fsp3) is 0.0476.